The minimum Gasteiger partial charge on any atom is -0.490 e. The summed E-state index contributed by atoms with van der Waals surface area (Å²) in [4.78, 5) is 0. The van der Waals surface area contributed by atoms with E-state index in [1.54, 1.807) is 12.1 Å². The Morgan fingerprint density at radius 3 is 2.88 bits per heavy atom. The maximum absolute atomic E-state index is 13.4. The van der Waals surface area contributed by atoms with Gasteiger partial charge in [0.2, 0.25) is 0 Å². The molecule has 3 rings (SSSR count). The lowest BCUT2D eigenvalue weighted by Crippen LogP contribution is -2.33. The van der Waals surface area contributed by atoms with Crippen LogP contribution in [-0.2, 0) is 5.54 Å². The average Bonchev–Trinajstić information content (AvgIpc) is 3.01. The zero-order valence-electron chi connectivity index (χ0n) is 10.1. The Kier molecular flexibility index (Phi) is 2.58. The second-order valence-corrected chi connectivity index (χ2v) is 5.32. The van der Waals surface area contributed by atoms with Gasteiger partial charge in [-0.05, 0) is 57.4 Å². The summed E-state index contributed by atoms with van der Waals surface area (Å²) < 4.78 is 19.3. The van der Waals surface area contributed by atoms with Crippen LogP contribution in [0.2, 0.25) is 0 Å². The average molecular weight is 235 g/mol. The van der Waals surface area contributed by atoms with Crippen molar-refractivity contribution in [2.45, 2.75) is 44.2 Å². The molecule has 1 saturated heterocycles. The number of ether oxygens (including phenoxy) is 1. The fourth-order valence-electron chi connectivity index (χ4n) is 2.53. The van der Waals surface area contributed by atoms with E-state index in [1.165, 1.54) is 6.07 Å². The molecule has 1 atom stereocenters. The van der Waals surface area contributed by atoms with E-state index in [2.05, 4.69) is 12.2 Å². The lowest BCUT2D eigenvalue weighted by molar-refractivity contribution is 0.287. The van der Waals surface area contributed by atoms with Crippen molar-refractivity contribution in [1.29, 1.82) is 0 Å². The largest absolute Gasteiger partial charge is 0.490 e. The number of hydrogen-bond acceptors (Lipinski definition) is 2. The van der Waals surface area contributed by atoms with E-state index in [0.717, 1.165) is 43.5 Å². The standard InChI is InChI=1S/C14H18FNO/c1-14(7-2-8-16-14)12-9-10(15)3-6-13(12)17-11-4-5-11/h3,6,9,11,16H,2,4-5,7-8H2,1H3. The van der Waals surface area contributed by atoms with Gasteiger partial charge in [0.25, 0.3) is 0 Å². The van der Waals surface area contributed by atoms with E-state index in [-0.39, 0.29) is 11.4 Å². The molecule has 2 fully saturated rings. The SMILES string of the molecule is CC1(c2cc(F)ccc2OC2CC2)CCCN1. The van der Waals surface area contributed by atoms with Crippen LogP contribution in [0.4, 0.5) is 4.39 Å². The highest BCUT2D eigenvalue weighted by Gasteiger charge is 2.34. The Hall–Kier alpha value is -1.09. The fraction of sp³-hybridized carbons (Fsp3) is 0.571. The first kappa shape index (κ1) is 11.0. The maximum Gasteiger partial charge on any atom is 0.124 e. The van der Waals surface area contributed by atoms with Crippen LogP contribution in [0.25, 0.3) is 0 Å². The molecule has 92 valence electrons. The number of benzene rings is 1. The van der Waals surface area contributed by atoms with Gasteiger partial charge >= 0.3 is 0 Å². The molecular formula is C14H18FNO. The number of rotatable bonds is 3. The highest BCUT2D eigenvalue weighted by Crippen LogP contribution is 2.39. The van der Waals surface area contributed by atoms with E-state index in [1.807, 2.05) is 0 Å². The van der Waals surface area contributed by atoms with Crippen LogP contribution in [0.1, 0.15) is 38.2 Å². The summed E-state index contributed by atoms with van der Waals surface area (Å²) in [5.74, 6) is 0.670. The topological polar surface area (TPSA) is 21.3 Å². The molecule has 1 saturated carbocycles. The van der Waals surface area contributed by atoms with Gasteiger partial charge in [0, 0.05) is 11.1 Å². The summed E-state index contributed by atoms with van der Waals surface area (Å²) in [5, 5.41) is 3.46. The van der Waals surface area contributed by atoms with Gasteiger partial charge in [-0.15, -0.1) is 0 Å². The molecule has 0 amide bonds. The summed E-state index contributed by atoms with van der Waals surface area (Å²) in [5.41, 5.74) is 0.841. The van der Waals surface area contributed by atoms with Gasteiger partial charge in [-0.3, -0.25) is 0 Å². The summed E-state index contributed by atoms with van der Waals surface area (Å²) in [6.45, 7) is 3.13. The summed E-state index contributed by atoms with van der Waals surface area (Å²) in [7, 11) is 0. The molecule has 1 aromatic carbocycles. The Labute approximate surface area is 101 Å². The first-order valence-corrected chi connectivity index (χ1v) is 6.39. The first-order chi connectivity index (χ1) is 8.17. The van der Waals surface area contributed by atoms with Crippen molar-refractivity contribution >= 4 is 0 Å². The number of hydrogen-bond donors (Lipinski definition) is 1. The third kappa shape index (κ3) is 2.16. The Morgan fingerprint density at radius 1 is 1.41 bits per heavy atom. The number of nitrogens with one attached hydrogen (secondary N) is 1. The van der Waals surface area contributed by atoms with Crippen LogP contribution < -0.4 is 10.1 Å². The molecule has 1 heterocycles. The number of halogens is 1. The van der Waals surface area contributed by atoms with Crippen LogP contribution in [0.15, 0.2) is 18.2 Å². The van der Waals surface area contributed by atoms with E-state index in [9.17, 15) is 4.39 Å². The monoisotopic (exact) mass is 235 g/mol. The van der Waals surface area contributed by atoms with Crippen LogP contribution >= 0.6 is 0 Å². The molecule has 3 heteroatoms. The van der Waals surface area contributed by atoms with Crippen molar-refractivity contribution < 1.29 is 9.13 Å². The van der Waals surface area contributed by atoms with E-state index >= 15 is 0 Å². The second-order valence-electron chi connectivity index (χ2n) is 5.32. The van der Waals surface area contributed by atoms with Crippen molar-refractivity contribution in [3.05, 3.63) is 29.6 Å². The third-order valence-electron chi connectivity index (χ3n) is 3.72. The molecule has 2 nitrogen and oxygen atoms in total. The van der Waals surface area contributed by atoms with Crippen molar-refractivity contribution in [1.82, 2.24) is 5.32 Å². The molecule has 1 aliphatic heterocycles. The van der Waals surface area contributed by atoms with E-state index in [0.29, 0.717) is 6.10 Å². The zero-order chi connectivity index (χ0) is 11.9. The lowest BCUT2D eigenvalue weighted by atomic mass is 9.89. The molecule has 2 aliphatic rings. The summed E-state index contributed by atoms with van der Waals surface area (Å²) in [6, 6.07) is 4.88. The second kappa shape index (κ2) is 3.98. The molecule has 1 N–H and O–H groups in total. The lowest BCUT2D eigenvalue weighted by Gasteiger charge is -2.27. The fourth-order valence-corrected chi connectivity index (χ4v) is 2.53. The summed E-state index contributed by atoms with van der Waals surface area (Å²) in [6.07, 6.45) is 4.78. The van der Waals surface area contributed by atoms with Gasteiger partial charge < -0.3 is 10.1 Å². The van der Waals surface area contributed by atoms with Crippen molar-refractivity contribution in [3.8, 4) is 5.75 Å². The van der Waals surface area contributed by atoms with Gasteiger partial charge in [0.15, 0.2) is 0 Å². The van der Waals surface area contributed by atoms with Crippen molar-refractivity contribution in [3.63, 3.8) is 0 Å². The quantitative estimate of drug-likeness (QED) is 0.869. The molecule has 1 unspecified atom stereocenters. The molecular weight excluding hydrogens is 217 g/mol. The van der Waals surface area contributed by atoms with Crippen LogP contribution in [0.3, 0.4) is 0 Å². The predicted molar refractivity (Wildman–Crippen MR) is 64.6 cm³/mol. The van der Waals surface area contributed by atoms with Crippen molar-refractivity contribution in [2.75, 3.05) is 6.54 Å². The molecule has 1 aromatic rings. The van der Waals surface area contributed by atoms with Crippen LogP contribution in [0, 0.1) is 5.82 Å². The first-order valence-electron chi connectivity index (χ1n) is 6.39. The summed E-state index contributed by atoms with van der Waals surface area (Å²) >= 11 is 0. The molecule has 0 aromatic heterocycles. The zero-order valence-corrected chi connectivity index (χ0v) is 10.1. The van der Waals surface area contributed by atoms with Gasteiger partial charge in [-0.2, -0.15) is 0 Å². The van der Waals surface area contributed by atoms with Crippen molar-refractivity contribution in [2.24, 2.45) is 0 Å². The third-order valence-corrected chi connectivity index (χ3v) is 3.72. The Morgan fingerprint density at radius 2 is 2.24 bits per heavy atom. The molecule has 0 bridgehead atoms. The minimum atomic E-state index is -0.182. The molecule has 0 radical (unpaired) electrons. The van der Waals surface area contributed by atoms with E-state index < -0.39 is 0 Å². The highest BCUT2D eigenvalue weighted by atomic mass is 19.1. The van der Waals surface area contributed by atoms with Gasteiger partial charge in [-0.1, -0.05) is 0 Å². The van der Waals surface area contributed by atoms with Gasteiger partial charge in [-0.25, -0.2) is 4.39 Å². The minimum absolute atomic E-state index is 0.133. The smallest absolute Gasteiger partial charge is 0.124 e. The van der Waals surface area contributed by atoms with E-state index in [4.69, 9.17) is 4.74 Å². The maximum atomic E-state index is 13.4. The predicted octanol–water partition coefficient (Wildman–Crippen LogP) is 2.97. The Bertz CT molecular complexity index is 422. The highest BCUT2D eigenvalue weighted by molar-refractivity contribution is 5.40. The molecule has 1 aliphatic carbocycles. The Balaban J connectivity index is 1.96. The van der Waals surface area contributed by atoms with Crippen LogP contribution in [0.5, 0.6) is 5.75 Å². The molecule has 0 spiro atoms. The van der Waals surface area contributed by atoms with Gasteiger partial charge in [0.1, 0.15) is 11.6 Å². The van der Waals surface area contributed by atoms with Crippen LogP contribution in [-0.4, -0.2) is 12.6 Å². The van der Waals surface area contributed by atoms with Gasteiger partial charge in [0.05, 0.1) is 6.10 Å². The normalized spacial score (nSPS) is 28.4. The molecule has 17 heavy (non-hydrogen) atoms.